The van der Waals surface area contributed by atoms with Gasteiger partial charge in [-0.1, -0.05) is 6.42 Å². The van der Waals surface area contributed by atoms with Gasteiger partial charge in [0.05, 0.1) is 12.1 Å². The van der Waals surface area contributed by atoms with Crippen LogP contribution in [0, 0.1) is 0 Å². The van der Waals surface area contributed by atoms with Gasteiger partial charge in [0.2, 0.25) is 0 Å². The highest BCUT2D eigenvalue weighted by molar-refractivity contribution is 8.00. The molecule has 0 spiro atoms. The lowest BCUT2D eigenvalue weighted by molar-refractivity contribution is -0.147. The first-order valence-electron chi connectivity index (χ1n) is 7.47. The van der Waals surface area contributed by atoms with E-state index < -0.39 is 0 Å². The number of carbonyl (C=O) groups is 2. The average Bonchev–Trinajstić information content (AvgIpc) is 2.94. The molecule has 0 radical (unpaired) electrons. The lowest BCUT2D eigenvalue weighted by atomic mass is 10.0. The molecule has 0 bridgehead atoms. The zero-order chi connectivity index (χ0) is 15.2. The van der Waals surface area contributed by atoms with Crippen LogP contribution >= 0.6 is 23.5 Å². The summed E-state index contributed by atoms with van der Waals surface area (Å²) in [5, 5.41) is 6.40. The molecular weight excluding hydrogens is 308 g/mol. The summed E-state index contributed by atoms with van der Waals surface area (Å²) in [6.45, 7) is 1.93. The Labute approximate surface area is 134 Å². The summed E-state index contributed by atoms with van der Waals surface area (Å²) in [7, 11) is 0. The highest BCUT2D eigenvalue weighted by Crippen LogP contribution is 2.33. The molecule has 2 heterocycles. The number of fused-ring (bicyclic) bond motifs is 1. The molecular formula is C14H24N2O3S2. The predicted molar refractivity (Wildman–Crippen MR) is 87.9 cm³/mol. The van der Waals surface area contributed by atoms with E-state index in [2.05, 4.69) is 10.6 Å². The highest BCUT2D eigenvalue weighted by Gasteiger charge is 2.42. The van der Waals surface area contributed by atoms with Crippen molar-refractivity contribution >= 4 is 35.5 Å². The zero-order valence-electron chi connectivity index (χ0n) is 12.6. The number of thioether (sulfide) groups is 2. The van der Waals surface area contributed by atoms with Crippen LogP contribution in [0.1, 0.15) is 32.6 Å². The molecule has 4 atom stereocenters. The Morgan fingerprint density at radius 3 is 3.05 bits per heavy atom. The van der Waals surface area contributed by atoms with Crippen LogP contribution < -0.4 is 10.6 Å². The number of hydrogen-bond donors (Lipinski definition) is 2. The monoisotopic (exact) mass is 332 g/mol. The summed E-state index contributed by atoms with van der Waals surface area (Å²) in [4.78, 5) is 22.9. The minimum absolute atomic E-state index is 0.00146. The van der Waals surface area contributed by atoms with Crippen LogP contribution in [0.2, 0.25) is 0 Å². The second-order valence-corrected chi connectivity index (χ2v) is 7.81. The van der Waals surface area contributed by atoms with E-state index in [1.807, 2.05) is 24.9 Å². The molecule has 2 aliphatic heterocycles. The first-order chi connectivity index (χ1) is 10.1. The maximum absolute atomic E-state index is 11.6. The van der Waals surface area contributed by atoms with Gasteiger partial charge in [-0.2, -0.15) is 23.5 Å². The number of nitrogens with one attached hydrogen (secondary N) is 2. The summed E-state index contributed by atoms with van der Waals surface area (Å²) in [5.41, 5.74) is 0. The average molecular weight is 332 g/mol. The zero-order valence-corrected chi connectivity index (χ0v) is 14.2. The second-order valence-electron chi connectivity index (χ2n) is 5.62. The van der Waals surface area contributed by atoms with Crippen LogP contribution in [-0.4, -0.2) is 53.2 Å². The molecule has 2 fully saturated rings. The first-order valence-corrected chi connectivity index (χ1v) is 9.91. The van der Waals surface area contributed by atoms with Crippen molar-refractivity contribution in [3.8, 4) is 0 Å². The fraction of sp³-hybridized carbons (Fsp3) is 0.857. The number of unbranched alkanes of at least 4 members (excludes halogenated alkanes) is 1. The summed E-state index contributed by atoms with van der Waals surface area (Å²) in [6, 6.07) is 0.502. The lowest BCUT2D eigenvalue weighted by Gasteiger charge is -2.16. The summed E-state index contributed by atoms with van der Waals surface area (Å²) in [5.74, 6) is 1.74. The Kier molecular flexibility index (Phi) is 6.54. The van der Waals surface area contributed by atoms with E-state index in [0.717, 1.165) is 30.8 Å². The number of esters is 1. The molecule has 0 aromatic heterocycles. The molecule has 5 nitrogen and oxygen atoms in total. The fourth-order valence-electron chi connectivity index (χ4n) is 2.81. The maximum Gasteiger partial charge on any atom is 0.315 e. The number of urea groups is 1. The molecule has 0 saturated carbocycles. The Morgan fingerprint density at radius 1 is 1.48 bits per heavy atom. The van der Waals surface area contributed by atoms with Gasteiger partial charge < -0.3 is 15.4 Å². The molecule has 21 heavy (non-hydrogen) atoms. The summed E-state index contributed by atoms with van der Waals surface area (Å²) >= 11 is 3.60. The van der Waals surface area contributed by atoms with E-state index >= 15 is 0 Å². The molecule has 0 aromatic rings. The number of carbonyl (C=O) groups excluding carboxylic acids is 2. The molecule has 2 amide bonds. The normalized spacial score (nSPS) is 28.7. The second kappa shape index (κ2) is 8.17. The van der Waals surface area contributed by atoms with Gasteiger partial charge in [0.25, 0.3) is 0 Å². The van der Waals surface area contributed by atoms with Gasteiger partial charge in [-0.3, -0.25) is 4.79 Å². The van der Waals surface area contributed by atoms with Crippen LogP contribution in [0.5, 0.6) is 0 Å². The molecule has 0 aromatic carbocycles. The van der Waals surface area contributed by atoms with Gasteiger partial charge in [0.1, 0.15) is 6.10 Å². The summed E-state index contributed by atoms with van der Waals surface area (Å²) < 4.78 is 5.31. The standard InChI is InChI=1S/C14H24N2O3S2/c1-9(7-20-2)19-12(17)6-4-3-5-11-13-10(8-21-11)15-14(18)16-13/h9-11,13H,3-8H2,1-2H3,(H2,15,16,18)/t9-,10+,11-,13-/m0/s1. The number of amides is 2. The lowest BCUT2D eigenvalue weighted by Crippen LogP contribution is -2.36. The van der Waals surface area contributed by atoms with Crippen LogP contribution in [-0.2, 0) is 9.53 Å². The van der Waals surface area contributed by atoms with E-state index in [4.69, 9.17) is 4.74 Å². The van der Waals surface area contributed by atoms with Gasteiger partial charge in [-0.15, -0.1) is 0 Å². The largest absolute Gasteiger partial charge is 0.462 e. The minimum Gasteiger partial charge on any atom is -0.462 e. The van der Waals surface area contributed by atoms with E-state index in [1.54, 1.807) is 11.8 Å². The first kappa shape index (κ1) is 16.8. The molecule has 2 rings (SSSR count). The van der Waals surface area contributed by atoms with Crippen molar-refractivity contribution in [3.63, 3.8) is 0 Å². The number of ether oxygens (including phenoxy) is 1. The molecule has 2 N–H and O–H groups in total. The van der Waals surface area contributed by atoms with Crippen molar-refractivity contribution in [2.45, 2.75) is 56.0 Å². The van der Waals surface area contributed by atoms with Gasteiger partial charge in [-0.25, -0.2) is 4.79 Å². The van der Waals surface area contributed by atoms with Crippen molar-refractivity contribution in [1.29, 1.82) is 0 Å². The van der Waals surface area contributed by atoms with Gasteiger partial charge in [0.15, 0.2) is 0 Å². The number of hydrogen-bond acceptors (Lipinski definition) is 5. The molecule has 2 saturated heterocycles. The van der Waals surface area contributed by atoms with Gasteiger partial charge >= 0.3 is 12.0 Å². The third kappa shape index (κ3) is 4.98. The molecule has 0 unspecified atom stereocenters. The SMILES string of the molecule is CSC[C@H](C)OC(=O)CCCC[C@@H]1SC[C@H]2NC(=O)N[C@H]12. The highest BCUT2D eigenvalue weighted by atomic mass is 32.2. The Morgan fingerprint density at radius 2 is 2.29 bits per heavy atom. The Hall–Kier alpha value is -0.560. The van der Waals surface area contributed by atoms with Crippen molar-refractivity contribution in [3.05, 3.63) is 0 Å². The van der Waals surface area contributed by atoms with E-state index in [-0.39, 0.29) is 30.2 Å². The topological polar surface area (TPSA) is 67.4 Å². The van der Waals surface area contributed by atoms with E-state index in [9.17, 15) is 9.59 Å². The minimum atomic E-state index is -0.0932. The van der Waals surface area contributed by atoms with Gasteiger partial charge in [0, 0.05) is 23.2 Å². The summed E-state index contributed by atoms with van der Waals surface area (Å²) in [6.07, 6.45) is 5.41. The van der Waals surface area contributed by atoms with Gasteiger partial charge in [-0.05, 0) is 26.0 Å². The quantitative estimate of drug-likeness (QED) is 0.404. The van der Waals surface area contributed by atoms with Crippen LogP contribution in [0.15, 0.2) is 0 Å². The van der Waals surface area contributed by atoms with Crippen molar-refractivity contribution in [2.75, 3.05) is 17.8 Å². The van der Waals surface area contributed by atoms with E-state index in [1.165, 1.54) is 0 Å². The number of rotatable bonds is 8. The molecule has 2 aliphatic rings. The third-order valence-corrected chi connectivity index (χ3v) is 6.10. The fourth-order valence-corrected chi connectivity index (χ4v) is 4.89. The third-order valence-electron chi connectivity index (χ3n) is 3.79. The van der Waals surface area contributed by atoms with Crippen LogP contribution in [0.3, 0.4) is 0 Å². The van der Waals surface area contributed by atoms with E-state index in [0.29, 0.717) is 11.7 Å². The maximum atomic E-state index is 11.6. The molecule has 0 aliphatic carbocycles. The van der Waals surface area contributed by atoms with Crippen LogP contribution in [0.4, 0.5) is 4.79 Å². The predicted octanol–water partition coefficient (Wildman–Crippen LogP) is 2.01. The van der Waals surface area contributed by atoms with Crippen LogP contribution in [0.25, 0.3) is 0 Å². The van der Waals surface area contributed by atoms with Crippen molar-refractivity contribution in [1.82, 2.24) is 10.6 Å². The molecule has 7 heteroatoms. The molecule has 120 valence electrons. The van der Waals surface area contributed by atoms with Crippen molar-refractivity contribution < 1.29 is 14.3 Å². The Bertz CT molecular complexity index is 381. The van der Waals surface area contributed by atoms with Crippen molar-refractivity contribution in [2.24, 2.45) is 0 Å². The Balaban J connectivity index is 1.58. The smallest absolute Gasteiger partial charge is 0.315 e.